The average molecular weight is 400 g/mol. The van der Waals surface area contributed by atoms with Crippen LogP contribution in [0, 0.1) is 10.1 Å². The number of fused-ring (bicyclic) bond motifs is 1. The predicted octanol–water partition coefficient (Wildman–Crippen LogP) is 5.05. The van der Waals surface area contributed by atoms with Crippen LogP contribution in [0.4, 0.5) is 17.1 Å². The number of aliphatic imine (C=N–C) groups is 1. The molecule has 0 spiro atoms. The first-order valence-electron chi connectivity index (χ1n) is 8.97. The van der Waals surface area contributed by atoms with E-state index in [0.29, 0.717) is 22.3 Å². The van der Waals surface area contributed by atoms with E-state index in [1.165, 1.54) is 16.7 Å². The SMILES string of the molecule is Cn1c(O)c(N=NC(=Nc2ccccc2)c2ccccn2)c2cc([N+](=O)[O-])ccc21. The van der Waals surface area contributed by atoms with E-state index in [9.17, 15) is 15.2 Å². The van der Waals surface area contributed by atoms with Gasteiger partial charge in [-0.3, -0.25) is 15.1 Å². The Morgan fingerprint density at radius 2 is 1.87 bits per heavy atom. The van der Waals surface area contributed by atoms with Gasteiger partial charge in [-0.25, -0.2) is 4.99 Å². The number of hydrogen-bond acceptors (Lipinski definition) is 6. The zero-order valence-corrected chi connectivity index (χ0v) is 15.9. The van der Waals surface area contributed by atoms with Crippen LogP contribution in [0.25, 0.3) is 10.9 Å². The van der Waals surface area contributed by atoms with Gasteiger partial charge in [0.1, 0.15) is 5.69 Å². The number of rotatable bonds is 4. The molecule has 0 aliphatic rings. The molecule has 9 heteroatoms. The molecule has 30 heavy (non-hydrogen) atoms. The first-order valence-corrected chi connectivity index (χ1v) is 8.97. The number of amidine groups is 1. The fourth-order valence-corrected chi connectivity index (χ4v) is 2.96. The largest absolute Gasteiger partial charge is 0.493 e. The van der Waals surface area contributed by atoms with Crippen molar-refractivity contribution < 1.29 is 10.0 Å². The van der Waals surface area contributed by atoms with Gasteiger partial charge in [0.2, 0.25) is 11.7 Å². The van der Waals surface area contributed by atoms with E-state index in [4.69, 9.17) is 0 Å². The number of nitro benzene ring substituents is 1. The second-order valence-electron chi connectivity index (χ2n) is 6.38. The fraction of sp³-hybridized carbons (Fsp3) is 0.0476. The summed E-state index contributed by atoms with van der Waals surface area (Å²) in [7, 11) is 1.64. The van der Waals surface area contributed by atoms with E-state index in [1.807, 2.05) is 30.3 Å². The van der Waals surface area contributed by atoms with Crippen molar-refractivity contribution in [3.63, 3.8) is 0 Å². The Labute approximate surface area is 170 Å². The number of aromatic nitrogens is 2. The number of hydrogen-bond donors (Lipinski definition) is 1. The molecule has 0 bridgehead atoms. The second-order valence-corrected chi connectivity index (χ2v) is 6.38. The molecule has 4 rings (SSSR count). The summed E-state index contributed by atoms with van der Waals surface area (Å²) in [6, 6.07) is 18.8. The smallest absolute Gasteiger partial charge is 0.270 e. The maximum Gasteiger partial charge on any atom is 0.270 e. The van der Waals surface area contributed by atoms with E-state index < -0.39 is 4.92 Å². The van der Waals surface area contributed by atoms with Crippen molar-refractivity contribution in [2.45, 2.75) is 0 Å². The minimum Gasteiger partial charge on any atom is -0.493 e. The van der Waals surface area contributed by atoms with Crippen molar-refractivity contribution in [1.82, 2.24) is 9.55 Å². The third-order valence-electron chi connectivity index (χ3n) is 4.47. The topological polar surface area (TPSA) is 118 Å². The Morgan fingerprint density at radius 1 is 1.10 bits per heavy atom. The Bertz CT molecular complexity index is 1280. The van der Waals surface area contributed by atoms with Gasteiger partial charge in [-0.2, -0.15) is 0 Å². The van der Waals surface area contributed by atoms with Crippen molar-refractivity contribution in [3.8, 4) is 5.88 Å². The van der Waals surface area contributed by atoms with Crippen LogP contribution in [0.3, 0.4) is 0 Å². The van der Waals surface area contributed by atoms with Crippen LogP contribution >= 0.6 is 0 Å². The number of non-ortho nitro benzene ring substituents is 1. The van der Waals surface area contributed by atoms with Crippen molar-refractivity contribution in [3.05, 3.63) is 88.7 Å². The summed E-state index contributed by atoms with van der Waals surface area (Å²) in [6.07, 6.45) is 1.62. The average Bonchev–Trinajstić information content (AvgIpc) is 3.02. The van der Waals surface area contributed by atoms with Gasteiger partial charge in [0.25, 0.3) is 5.69 Å². The van der Waals surface area contributed by atoms with Crippen molar-refractivity contribution >= 4 is 33.8 Å². The number of para-hydroxylation sites is 1. The lowest BCUT2D eigenvalue weighted by Gasteiger charge is -2.00. The van der Waals surface area contributed by atoms with E-state index in [2.05, 4.69) is 20.2 Å². The molecule has 0 radical (unpaired) electrons. The molecule has 0 saturated heterocycles. The number of benzene rings is 2. The molecule has 4 aromatic rings. The zero-order chi connectivity index (χ0) is 21.1. The van der Waals surface area contributed by atoms with Gasteiger partial charge in [-0.05, 0) is 30.3 Å². The monoisotopic (exact) mass is 400 g/mol. The predicted molar refractivity (Wildman–Crippen MR) is 113 cm³/mol. The van der Waals surface area contributed by atoms with Gasteiger partial charge in [0, 0.05) is 30.8 Å². The number of nitro groups is 1. The number of aromatic hydroxyl groups is 1. The van der Waals surface area contributed by atoms with Gasteiger partial charge >= 0.3 is 0 Å². The maximum atomic E-state index is 11.2. The van der Waals surface area contributed by atoms with Crippen LogP contribution in [-0.2, 0) is 7.05 Å². The number of nitrogens with zero attached hydrogens (tertiary/aromatic N) is 6. The van der Waals surface area contributed by atoms with E-state index in [0.717, 1.165) is 0 Å². The number of aryl methyl sites for hydroxylation is 1. The zero-order valence-electron chi connectivity index (χ0n) is 15.9. The molecule has 0 atom stereocenters. The summed E-state index contributed by atoms with van der Waals surface area (Å²) >= 11 is 0. The second kappa shape index (κ2) is 7.92. The highest BCUT2D eigenvalue weighted by atomic mass is 16.6. The van der Waals surface area contributed by atoms with Gasteiger partial charge in [0.05, 0.1) is 16.1 Å². The third-order valence-corrected chi connectivity index (χ3v) is 4.47. The van der Waals surface area contributed by atoms with Crippen LogP contribution in [0.1, 0.15) is 5.69 Å². The maximum absolute atomic E-state index is 11.2. The molecule has 0 amide bonds. The molecule has 2 aromatic heterocycles. The molecule has 9 nitrogen and oxygen atoms in total. The van der Waals surface area contributed by atoms with Crippen molar-refractivity contribution in [1.29, 1.82) is 0 Å². The Balaban J connectivity index is 1.84. The molecule has 0 aliphatic carbocycles. The van der Waals surface area contributed by atoms with Gasteiger partial charge in [-0.1, -0.05) is 24.3 Å². The molecule has 2 aromatic carbocycles. The Kier molecular flexibility index (Phi) is 5.00. The molecule has 0 unspecified atom stereocenters. The van der Waals surface area contributed by atoms with Crippen LogP contribution in [0.15, 0.2) is 88.1 Å². The van der Waals surface area contributed by atoms with Gasteiger partial charge in [0.15, 0.2) is 5.69 Å². The van der Waals surface area contributed by atoms with Crippen molar-refractivity contribution in [2.24, 2.45) is 22.3 Å². The normalized spacial score (nSPS) is 12.0. The Morgan fingerprint density at radius 3 is 2.57 bits per heavy atom. The number of pyridine rings is 1. The molecule has 148 valence electrons. The van der Waals surface area contributed by atoms with Gasteiger partial charge in [-0.15, -0.1) is 10.2 Å². The summed E-state index contributed by atoms with van der Waals surface area (Å²) in [5.41, 5.74) is 1.76. The molecule has 0 saturated carbocycles. The molecule has 0 aliphatic heterocycles. The summed E-state index contributed by atoms with van der Waals surface area (Å²) in [6.45, 7) is 0. The lowest BCUT2D eigenvalue weighted by molar-refractivity contribution is -0.384. The highest BCUT2D eigenvalue weighted by Gasteiger charge is 2.18. The highest BCUT2D eigenvalue weighted by molar-refractivity contribution is 6.00. The first kappa shape index (κ1) is 18.9. The third kappa shape index (κ3) is 3.63. The highest BCUT2D eigenvalue weighted by Crippen LogP contribution is 2.39. The summed E-state index contributed by atoms with van der Waals surface area (Å²) < 4.78 is 1.49. The van der Waals surface area contributed by atoms with E-state index in [1.54, 1.807) is 37.5 Å². The van der Waals surface area contributed by atoms with E-state index >= 15 is 0 Å². The standard InChI is InChI=1S/C21H16N6O3/c1-26-18-11-10-15(27(29)30)13-16(18)19(21(26)28)24-25-20(17-9-5-6-12-22-17)23-14-7-3-2-4-8-14/h2-13,28H,1H3. The van der Waals surface area contributed by atoms with Crippen LogP contribution in [-0.4, -0.2) is 25.4 Å². The minimum absolute atomic E-state index is 0.104. The molecule has 0 fully saturated rings. The molecule has 1 N–H and O–H groups in total. The summed E-state index contributed by atoms with van der Waals surface area (Å²) in [5, 5.41) is 30.5. The van der Waals surface area contributed by atoms with Crippen molar-refractivity contribution in [2.75, 3.05) is 0 Å². The molecule has 2 heterocycles. The minimum atomic E-state index is -0.499. The lowest BCUT2D eigenvalue weighted by Crippen LogP contribution is -1.98. The van der Waals surface area contributed by atoms with Crippen LogP contribution in [0.5, 0.6) is 5.88 Å². The number of azo groups is 1. The van der Waals surface area contributed by atoms with Crippen LogP contribution < -0.4 is 0 Å². The van der Waals surface area contributed by atoms with E-state index in [-0.39, 0.29) is 23.1 Å². The quantitative estimate of drug-likeness (QED) is 0.169. The summed E-state index contributed by atoms with van der Waals surface area (Å²) in [5.74, 6) is 0.0814. The lowest BCUT2D eigenvalue weighted by atomic mass is 10.2. The fourth-order valence-electron chi connectivity index (χ4n) is 2.96. The molecular formula is C21H16N6O3. The van der Waals surface area contributed by atoms with Gasteiger partial charge < -0.3 is 9.67 Å². The molecular weight excluding hydrogens is 384 g/mol. The Hall–Kier alpha value is -4.40. The first-order chi connectivity index (χ1) is 14.5. The van der Waals surface area contributed by atoms with Crippen LogP contribution in [0.2, 0.25) is 0 Å². The summed E-state index contributed by atoms with van der Waals surface area (Å²) in [4.78, 5) is 19.4.